The average Bonchev–Trinajstić information content (AvgIpc) is 1.65. The fraction of sp³-hybridized carbons (Fsp3) is 0.215. The summed E-state index contributed by atoms with van der Waals surface area (Å²) in [5, 5.41) is 58.3. The lowest BCUT2D eigenvalue weighted by molar-refractivity contribution is 0.247. The first-order valence-electron chi connectivity index (χ1n) is 44.9. The van der Waals surface area contributed by atoms with Crippen LogP contribution in [0.25, 0.3) is 56.0 Å². The van der Waals surface area contributed by atoms with Gasteiger partial charge in [0.05, 0.1) is 65.9 Å². The molecule has 8 N–H and O–H groups in total. The molecule has 4 amide bonds. The summed E-state index contributed by atoms with van der Waals surface area (Å²) in [6.07, 6.45) is 19.4. The monoisotopic (exact) mass is 1740 g/mol. The number of fused-ring (bicyclic) bond motifs is 4. The van der Waals surface area contributed by atoms with Gasteiger partial charge in [0.15, 0.2) is 0 Å². The third-order valence-electron chi connectivity index (χ3n) is 24.2. The number of nitrogens with one attached hydrogen (secondary N) is 8. The maximum Gasteiger partial charge on any atom is 0.320 e. The van der Waals surface area contributed by atoms with Crippen LogP contribution >= 0.6 is 11.6 Å². The normalized spacial score (nSPS) is 13.1. The van der Waals surface area contributed by atoms with Gasteiger partial charge in [-0.15, -0.1) is 0 Å². The third kappa shape index (κ3) is 21.4. The van der Waals surface area contributed by atoms with Gasteiger partial charge in [0, 0.05) is 84.0 Å². The van der Waals surface area contributed by atoms with E-state index in [-0.39, 0.29) is 24.1 Å². The van der Waals surface area contributed by atoms with Gasteiger partial charge in [-0.3, -0.25) is 30.6 Å². The van der Waals surface area contributed by atoms with Crippen LogP contribution < -0.4 is 42.5 Å². The first kappa shape index (κ1) is 87.4. The van der Waals surface area contributed by atoms with E-state index in [4.69, 9.17) is 32.0 Å². The number of amides is 4. The molecule has 656 valence electrons. The van der Waals surface area contributed by atoms with Gasteiger partial charge in [-0.05, 0) is 201 Å². The van der Waals surface area contributed by atoms with Crippen molar-refractivity contribution >= 4 is 57.7 Å². The Morgan fingerprint density at radius 2 is 0.862 bits per heavy atom. The van der Waals surface area contributed by atoms with Crippen LogP contribution in [-0.2, 0) is 72.0 Å². The number of halogens is 1. The highest BCUT2D eigenvalue weighted by molar-refractivity contribution is 6.31. The largest absolute Gasteiger partial charge is 0.357 e. The van der Waals surface area contributed by atoms with Crippen molar-refractivity contribution in [3.05, 3.63) is 406 Å². The highest BCUT2D eigenvalue weighted by atomic mass is 35.5. The van der Waals surface area contributed by atoms with E-state index in [0.29, 0.717) is 30.7 Å². The molecule has 0 saturated heterocycles. The van der Waals surface area contributed by atoms with Gasteiger partial charge in [0.25, 0.3) is 0 Å². The zero-order chi connectivity index (χ0) is 88.9. The molecule has 0 bridgehead atoms. The number of urea groups is 2. The van der Waals surface area contributed by atoms with Crippen molar-refractivity contribution in [1.82, 2.24) is 80.0 Å². The molecule has 17 aromatic rings. The number of carbonyl (C=O) groups excluding carboxylic acids is 2. The Labute approximate surface area is 764 Å². The molecule has 6 heterocycles. The van der Waals surface area contributed by atoms with E-state index in [0.717, 1.165) is 178 Å². The van der Waals surface area contributed by atoms with Crippen LogP contribution in [-0.4, -0.2) is 96.7 Å². The molecule has 0 spiro atoms. The minimum absolute atomic E-state index is 0.0315. The van der Waals surface area contributed by atoms with E-state index < -0.39 is 0 Å². The number of aromatic nitrogens is 12. The Morgan fingerprint density at radius 3 is 1.38 bits per heavy atom. The number of aryl methyl sites for hydroxylation is 5. The summed E-state index contributed by atoms with van der Waals surface area (Å²) in [7, 11) is 3.85. The summed E-state index contributed by atoms with van der Waals surface area (Å²) >= 11 is 6.42. The third-order valence-corrected chi connectivity index (χ3v) is 24.6. The Balaban J connectivity index is 0.000000121. The van der Waals surface area contributed by atoms with Crippen molar-refractivity contribution in [3.63, 3.8) is 0 Å². The van der Waals surface area contributed by atoms with Crippen LogP contribution in [0.5, 0.6) is 0 Å². The highest BCUT2D eigenvalue weighted by Crippen LogP contribution is 2.37. The molecule has 3 aliphatic rings. The zero-order valence-corrected chi connectivity index (χ0v) is 74.5. The molecule has 2 unspecified atom stereocenters. The van der Waals surface area contributed by atoms with E-state index in [9.17, 15) is 9.59 Å². The number of benzene rings is 11. The highest BCUT2D eigenvalue weighted by Gasteiger charge is 2.29. The first-order chi connectivity index (χ1) is 63.9. The van der Waals surface area contributed by atoms with Crippen LogP contribution in [0, 0.1) is 13.8 Å². The van der Waals surface area contributed by atoms with Crippen LogP contribution in [0.2, 0.25) is 5.02 Å². The lowest BCUT2D eigenvalue weighted by Crippen LogP contribution is -2.41. The van der Waals surface area contributed by atoms with Crippen molar-refractivity contribution in [2.24, 2.45) is 14.1 Å². The zero-order valence-electron chi connectivity index (χ0n) is 73.8. The molecule has 0 saturated carbocycles. The van der Waals surface area contributed by atoms with Gasteiger partial charge in [-0.1, -0.05) is 260 Å². The molecule has 0 aliphatic heterocycles. The van der Waals surface area contributed by atoms with Gasteiger partial charge >= 0.3 is 12.1 Å². The van der Waals surface area contributed by atoms with E-state index in [2.05, 4.69) is 182 Å². The molecule has 3 aliphatic carbocycles. The smallest absolute Gasteiger partial charge is 0.320 e. The Morgan fingerprint density at radius 1 is 0.423 bits per heavy atom. The van der Waals surface area contributed by atoms with Crippen molar-refractivity contribution in [1.29, 1.82) is 0 Å². The standard InChI is InChI=1S/C28H28N4O.C27H25ClN4O.C26H30N6.C26H26N6/c33-28(29-23(19-21-11-4-1-5-12-21)20-22-13-6-2-7-14-22)30-27-25-17-10-18-26(25)31-32(27)24-15-8-3-9-16-24;28-23-16-8-7-12-20(23)18-25(19-10-3-1-4-11-19)29-27(33)30-26-22-15-9-17-24(22)31-32(26)21-13-5-2-6-14-21;2*1-19-25(22-16-29-31(2)17-22)30-32(23-12-4-3-5-13-23)26(19)28-18-27-15-21-11-8-10-20-9-6-7-14-24(20)21/h1-9,11-16,23H,10,17-20H2,(H2,29,30,33);1-8,10-14,16,25H,9,15,17-18H2,(H2,29,30,33);3-7,9,12-14,16-17,21,27-28H,8,10-11,15,18H2,1-2H3;3-14,16-17,27-28H,15,18H2,1-2H3. The maximum absolute atomic E-state index is 13.3. The summed E-state index contributed by atoms with van der Waals surface area (Å²) in [5.74, 6) is 4.08. The van der Waals surface area contributed by atoms with Gasteiger partial charge in [-0.25, -0.2) is 28.3 Å². The summed E-state index contributed by atoms with van der Waals surface area (Å²) < 4.78 is 11.3. The van der Waals surface area contributed by atoms with Gasteiger partial charge in [0.2, 0.25) is 0 Å². The molecule has 11 aromatic carbocycles. The quantitative estimate of drug-likeness (QED) is 0.0177. The Bertz CT molecular complexity index is 6540. The molecule has 0 fully saturated rings. The van der Waals surface area contributed by atoms with E-state index in [1.807, 2.05) is 250 Å². The predicted octanol–water partition coefficient (Wildman–Crippen LogP) is 21.0. The van der Waals surface area contributed by atoms with Crippen molar-refractivity contribution in [2.75, 3.05) is 41.1 Å². The summed E-state index contributed by atoms with van der Waals surface area (Å²) in [5.41, 5.74) is 23.2. The first-order valence-corrected chi connectivity index (χ1v) is 45.3. The van der Waals surface area contributed by atoms with Gasteiger partial charge < -0.3 is 21.3 Å². The lowest BCUT2D eigenvalue weighted by Gasteiger charge is -2.26. The lowest BCUT2D eigenvalue weighted by atomic mass is 9.83. The second-order valence-electron chi connectivity index (χ2n) is 33.2. The molecular weight excluding hydrogens is 1630 g/mol. The van der Waals surface area contributed by atoms with Gasteiger partial charge in [-0.2, -0.15) is 30.6 Å². The molecule has 6 aromatic heterocycles. The number of nitrogens with zero attached hydrogens (tertiary/aromatic N) is 12. The predicted molar refractivity (Wildman–Crippen MR) is 523 cm³/mol. The minimum atomic E-state index is -0.261. The number of carbonyl (C=O) groups is 2. The number of hydrogen-bond donors (Lipinski definition) is 8. The molecule has 2 atom stereocenters. The van der Waals surface area contributed by atoms with Crippen molar-refractivity contribution < 1.29 is 9.59 Å². The fourth-order valence-electron chi connectivity index (χ4n) is 17.8. The SMILES string of the molecule is Cc1c(-c2cnn(C)c2)nn(-c2ccccc2)c1NCNCC1CCCc2ccccc21.Cc1c(-c2cnn(C)c2)nn(-c2ccccc2)c1NCNCc1cccc2ccccc12.O=C(Nc1c2c(nn1-c1ccccc1)CCC2)NC(Cc1ccccc1)Cc1ccccc1.O=C(Nc1c2c(nn1-c1ccccc1)CCC2)NC(Cc1ccccc1Cl)c1ccccc1. The second kappa shape index (κ2) is 42.3. The maximum atomic E-state index is 13.3. The molecule has 20 rings (SSSR count). The summed E-state index contributed by atoms with van der Waals surface area (Å²) in [6.45, 7) is 7.27. The van der Waals surface area contributed by atoms with Gasteiger partial charge in [0.1, 0.15) is 34.7 Å². The topological polar surface area (TPSA) is 237 Å². The van der Waals surface area contributed by atoms with Crippen molar-refractivity contribution in [2.45, 2.75) is 115 Å². The number of hydrogen-bond acceptors (Lipinski definition) is 12. The number of rotatable bonds is 27. The molecular formula is C107H109ClN20O2. The van der Waals surface area contributed by atoms with Crippen LogP contribution in [0.3, 0.4) is 0 Å². The molecule has 0 radical (unpaired) electrons. The van der Waals surface area contributed by atoms with Crippen LogP contribution in [0.4, 0.5) is 32.9 Å². The van der Waals surface area contributed by atoms with E-state index in [1.54, 1.807) is 4.68 Å². The van der Waals surface area contributed by atoms with Crippen molar-refractivity contribution in [3.8, 4) is 45.3 Å². The summed E-state index contributed by atoms with van der Waals surface area (Å²) in [4.78, 5) is 26.5. The summed E-state index contributed by atoms with van der Waals surface area (Å²) in [6, 6.07) is 102. The Kier molecular flexibility index (Phi) is 28.4. The Hall–Kier alpha value is -14.7. The van der Waals surface area contributed by atoms with E-state index >= 15 is 0 Å². The van der Waals surface area contributed by atoms with E-state index in [1.165, 1.54) is 57.9 Å². The van der Waals surface area contributed by atoms with Crippen LogP contribution in [0.15, 0.2) is 328 Å². The minimum Gasteiger partial charge on any atom is -0.357 e. The molecule has 23 heteroatoms. The van der Waals surface area contributed by atoms with Crippen LogP contribution in [0.1, 0.15) is 110 Å². The molecule has 22 nitrogen and oxygen atoms in total. The average molecular weight is 1740 g/mol. The number of anilines is 4. The number of para-hydroxylation sites is 4. The fourth-order valence-corrected chi connectivity index (χ4v) is 18.0. The second-order valence-corrected chi connectivity index (χ2v) is 33.6. The molecule has 130 heavy (non-hydrogen) atoms.